The fourth-order valence-corrected chi connectivity index (χ4v) is 3.16. The molecule has 0 heterocycles. The van der Waals surface area contributed by atoms with Crippen LogP contribution in [0.1, 0.15) is 49.7 Å². The molecular formula is C15H19N. The fraction of sp³-hybridized carbons (Fsp3) is 0.467. The average Bonchev–Trinajstić information content (AvgIpc) is 2.73. The van der Waals surface area contributed by atoms with E-state index in [1.54, 1.807) is 11.1 Å². The normalized spacial score (nSPS) is 20.0. The van der Waals surface area contributed by atoms with Gasteiger partial charge in [-0.2, -0.15) is 0 Å². The number of fused-ring (bicyclic) bond motifs is 1. The third kappa shape index (κ3) is 1.64. The van der Waals surface area contributed by atoms with Gasteiger partial charge in [0.25, 0.3) is 0 Å². The molecule has 2 aliphatic carbocycles. The first kappa shape index (κ1) is 9.95. The predicted octanol–water partition coefficient (Wildman–Crippen LogP) is 3.93. The van der Waals surface area contributed by atoms with Crippen molar-refractivity contribution in [3.8, 4) is 0 Å². The summed E-state index contributed by atoms with van der Waals surface area (Å²) >= 11 is 0. The van der Waals surface area contributed by atoms with Crippen molar-refractivity contribution >= 4 is 11.3 Å². The van der Waals surface area contributed by atoms with Crippen LogP contribution in [0.4, 0.5) is 5.69 Å². The van der Waals surface area contributed by atoms with E-state index in [0.29, 0.717) is 0 Å². The van der Waals surface area contributed by atoms with Gasteiger partial charge < -0.3 is 5.73 Å². The summed E-state index contributed by atoms with van der Waals surface area (Å²) in [4.78, 5) is 0. The second-order valence-electron chi connectivity index (χ2n) is 5.06. The Morgan fingerprint density at radius 1 is 0.875 bits per heavy atom. The van der Waals surface area contributed by atoms with E-state index in [1.807, 2.05) is 6.07 Å². The lowest BCUT2D eigenvalue weighted by atomic mass is 9.89. The quantitative estimate of drug-likeness (QED) is 0.649. The minimum absolute atomic E-state index is 0.911. The van der Waals surface area contributed by atoms with Crippen LogP contribution < -0.4 is 5.73 Å². The van der Waals surface area contributed by atoms with Gasteiger partial charge in [0, 0.05) is 5.69 Å². The molecule has 0 aromatic heterocycles. The molecule has 0 spiro atoms. The van der Waals surface area contributed by atoms with Gasteiger partial charge in [-0.1, -0.05) is 18.1 Å². The molecule has 0 saturated heterocycles. The zero-order valence-corrected chi connectivity index (χ0v) is 9.76. The Kier molecular flexibility index (Phi) is 2.47. The maximum atomic E-state index is 5.84. The van der Waals surface area contributed by atoms with Crippen molar-refractivity contribution in [2.75, 3.05) is 5.73 Å². The first-order valence-corrected chi connectivity index (χ1v) is 6.44. The van der Waals surface area contributed by atoms with Crippen LogP contribution in [-0.2, 0) is 6.42 Å². The number of allylic oxidation sites excluding steroid dienone is 2. The summed E-state index contributed by atoms with van der Waals surface area (Å²) in [6.07, 6.45) is 9.31. The van der Waals surface area contributed by atoms with Gasteiger partial charge in [-0.25, -0.2) is 0 Å². The van der Waals surface area contributed by atoms with Crippen LogP contribution in [0.15, 0.2) is 23.8 Å². The van der Waals surface area contributed by atoms with Gasteiger partial charge >= 0.3 is 0 Å². The molecule has 84 valence electrons. The Hall–Kier alpha value is -1.24. The van der Waals surface area contributed by atoms with Crippen molar-refractivity contribution in [3.05, 3.63) is 34.9 Å². The summed E-state index contributed by atoms with van der Waals surface area (Å²) in [5.41, 5.74) is 13.1. The Balaban J connectivity index is 2.01. The van der Waals surface area contributed by atoms with Gasteiger partial charge in [-0.15, -0.1) is 0 Å². The highest BCUT2D eigenvalue weighted by Crippen LogP contribution is 2.39. The number of anilines is 1. The van der Waals surface area contributed by atoms with E-state index in [4.69, 9.17) is 5.73 Å². The molecule has 1 nitrogen and oxygen atoms in total. The lowest BCUT2D eigenvalue weighted by Gasteiger charge is -2.17. The van der Waals surface area contributed by atoms with Crippen molar-refractivity contribution in [3.63, 3.8) is 0 Å². The molecule has 16 heavy (non-hydrogen) atoms. The van der Waals surface area contributed by atoms with Gasteiger partial charge in [0.1, 0.15) is 0 Å². The summed E-state index contributed by atoms with van der Waals surface area (Å²) < 4.78 is 0. The van der Waals surface area contributed by atoms with E-state index in [0.717, 1.165) is 5.69 Å². The van der Waals surface area contributed by atoms with E-state index < -0.39 is 0 Å². The molecule has 1 saturated carbocycles. The van der Waals surface area contributed by atoms with Gasteiger partial charge in [0.05, 0.1) is 0 Å². The van der Waals surface area contributed by atoms with E-state index in [9.17, 15) is 0 Å². The summed E-state index contributed by atoms with van der Waals surface area (Å²) in [7, 11) is 0. The maximum absolute atomic E-state index is 5.84. The molecule has 0 atom stereocenters. The Bertz CT molecular complexity index is 435. The first-order chi connectivity index (χ1) is 7.84. The molecule has 0 aliphatic heterocycles. The standard InChI is InChI=1S/C15H19N/c16-13-7-9-15-12(10-13)6-8-14(15)11-4-2-1-3-5-11/h7,9-10H,1-6,8,16H2. The van der Waals surface area contributed by atoms with E-state index >= 15 is 0 Å². The molecular weight excluding hydrogens is 194 g/mol. The highest BCUT2D eigenvalue weighted by molar-refractivity contribution is 5.76. The largest absolute Gasteiger partial charge is 0.399 e. The van der Waals surface area contributed by atoms with Crippen molar-refractivity contribution in [1.29, 1.82) is 0 Å². The summed E-state index contributed by atoms with van der Waals surface area (Å²) in [6, 6.07) is 6.44. The van der Waals surface area contributed by atoms with Gasteiger partial charge in [0.15, 0.2) is 0 Å². The predicted molar refractivity (Wildman–Crippen MR) is 69.2 cm³/mol. The Morgan fingerprint density at radius 3 is 2.50 bits per heavy atom. The molecule has 2 N–H and O–H groups in total. The number of nitrogen functional groups attached to an aromatic ring is 1. The van der Waals surface area contributed by atoms with Crippen LogP contribution in [0.3, 0.4) is 0 Å². The Labute approximate surface area is 97.4 Å². The molecule has 1 heteroatoms. The summed E-state index contributed by atoms with van der Waals surface area (Å²) in [6.45, 7) is 0. The zero-order valence-electron chi connectivity index (χ0n) is 9.76. The number of hydrogen-bond donors (Lipinski definition) is 1. The van der Waals surface area contributed by atoms with E-state index in [-0.39, 0.29) is 0 Å². The Morgan fingerprint density at radius 2 is 1.69 bits per heavy atom. The molecule has 1 aromatic rings. The second kappa shape index (κ2) is 3.97. The third-order valence-electron chi connectivity index (χ3n) is 3.98. The first-order valence-electron chi connectivity index (χ1n) is 6.44. The molecule has 0 bridgehead atoms. The van der Waals surface area contributed by atoms with Crippen molar-refractivity contribution in [1.82, 2.24) is 0 Å². The van der Waals surface area contributed by atoms with Crippen LogP contribution in [-0.4, -0.2) is 0 Å². The molecule has 1 fully saturated rings. The molecule has 1 aromatic carbocycles. The fourth-order valence-electron chi connectivity index (χ4n) is 3.16. The number of benzene rings is 1. The van der Waals surface area contributed by atoms with Crippen LogP contribution >= 0.6 is 0 Å². The van der Waals surface area contributed by atoms with E-state index in [2.05, 4.69) is 12.1 Å². The van der Waals surface area contributed by atoms with Crippen LogP contribution in [0, 0.1) is 0 Å². The minimum Gasteiger partial charge on any atom is -0.399 e. The highest BCUT2D eigenvalue weighted by atomic mass is 14.5. The summed E-state index contributed by atoms with van der Waals surface area (Å²) in [5.74, 6) is 0. The highest BCUT2D eigenvalue weighted by Gasteiger charge is 2.20. The number of rotatable bonds is 0. The summed E-state index contributed by atoms with van der Waals surface area (Å²) in [5, 5.41) is 0. The molecule has 0 radical (unpaired) electrons. The monoisotopic (exact) mass is 213 g/mol. The van der Waals surface area contributed by atoms with Crippen molar-refractivity contribution in [2.45, 2.75) is 44.9 Å². The maximum Gasteiger partial charge on any atom is 0.0317 e. The smallest absolute Gasteiger partial charge is 0.0317 e. The van der Waals surface area contributed by atoms with Gasteiger partial charge in [-0.3, -0.25) is 0 Å². The van der Waals surface area contributed by atoms with Crippen LogP contribution in [0.5, 0.6) is 0 Å². The van der Waals surface area contributed by atoms with E-state index in [1.165, 1.54) is 56.1 Å². The molecule has 0 unspecified atom stereocenters. The number of hydrogen-bond acceptors (Lipinski definition) is 1. The van der Waals surface area contributed by atoms with Crippen LogP contribution in [0.2, 0.25) is 0 Å². The SMILES string of the molecule is Nc1ccc2c(c1)CCC2=C1CCCCC1. The topological polar surface area (TPSA) is 26.0 Å². The van der Waals surface area contributed by atoms with Crippen molar-refractivity contribution in [2.24, 2.45) is 0 Å². The second-order valence-corrected chi connectivity index (χ2v) is 5.06. The zero-order chi connectivity index (χ0) is 11.0. The molecule has 2 aliphatic rings. The lowest BCUT2D eigenvalue weighted by molar-refractivity contribution is 0.599. The number of aryl methyl sites for hydroxylation is 1. The molecule has 0 amide bonds. The lowest BCUT2D eigenvalue weighted by Crippen LogP contribution is -1.97. The average molecular weight is 213 g/mol. The molecule has 3 rings (SSSR count). The number of nitrogens with two attached hydrogens (primary N) is 1. The van der Waals surface area contributed by atoms with Crippen LogP contribution in [0.25, 0.3) is 5.57 Å². The van der Waals surface area contributed by atoms with Gasteiger partial charge in [0.2, 0.25) is 0 Å². The third-order valence-corrected chi connectivity index (χ3v) is 3.98. The minimum atomic E-state index is 0.911. The van der Waals surface area contributed by atoms with Gasteiger partial charge in [-0.05, 0) is 67.4 Å². The van der Waals surface area contributed by atoms with Crippen molar-refractivity contribution < 1.29 is 0 Å².